The molecule has 0 aromatic heterocycles. The van der Waals surface area contributed by atoms with Crippen LogP contribution in [-0.2, 0) is 29.1 Å². The number of carbonyl (C=O) groups is 3. The Morgan fingerprint density at radius 3 is 1.97 bits per heavy atom. The summed E-state index contributed by atoms with van der Waals surface area (Å²) >= 11 is 0.719. The third-order valence-electron chi connectivity index (χ3n) is 4.78. The second-order valence-electron chi connectivity index (χ2n) is 12.4. The molecule has 12 heteroatoms. The number of ether oxygens (including phenoxy) is 2. The van der Waals surface area contributed by atoms with Crippen molar-refractivity contribution in [3.63, 3.8) is 0 Å². The zero-order valence-electron chi connectivity index (χ0n) is 25.0. The van der Waals surface area contributed by atoms with Crippen LogP contribution in [0.2, 0.25) is 19.6 Å². The molecule has 9 nitrogen and oxygen atoms in total. The first-order valence-electron chi connectivity index (χ1n) is 12.7. The van der Waals surface area contributed by atoms with Crippen LogP contribution in [0.1, 0.15) is 59.9 Å². The summed E-state index contributed by atoms with van der Waals surface area (Å²) in [6.07, 6.45) is -0.995. The standard InChI is InChI=1S/C27H44N2O7S2Si/c1-19-12-14-20(15-13-19)38(33,34)29(8)22(18-39(9,10)11)37-24(31)21(28-25(32)36-27(5,6)7)16-17-23(30)35-26(2,3)4/h12-15,18,21H,16-17H2,1-11H3,(H,28,32)/b22-18+/t21-/m0/s1. The van der Waals surface area contributed by atoms with Gasteiger partial charge in [0.1, 0.15) is 17.2 Å². The highest BCUT2D eigenvalue weighted by molar-refractivity contribution is 8.17. The molecule has 1 rings (SSSR count). The van der Waals surface area contributed by atoms with Gasteiger partial charge < -0.3 is 14.8 Å². The van der Waals surface area contributed by atoms with Crippen LogP contribution in [0.3, 0.4) is 0 Å². The Morgan fingerprint density at radius 2 is 1.51 bits per heavy atom. The SMILES string of the molecule is Cc1ccc(S(=O)(=O)N(C)/C(=C\[Si](C)(C)C)SC(=O)[C@H](CCC(=O)OC(C)(C)C)NC(=O)OC(C)(C)C)cc1. The lowest BCUT2D eigenvalue weighted by molar-refractivity contribution is -0.155. The van der Waals surface area contributed by atoms with Gasteiger partial charge in [-0.05, 0) is 78.8 Å². The molecule has 1 amide bonds. The number of esters is 1. The van der Waals surface area contributed by atoms with Gasteiger partial charge in [-0.3, -0.25) is 13.9 Å². The Labute approximate surface area is 239 Å². The maximum absolute atomic E-state index is 13.5. The number of hydrogen-bond acceptors (Lipinski definition) is 8. The average molecular weight is 601 g/mol. The van der Waals surface area contributed by atoms with E-state index in [0.29, 0.717) is 0 Å². The molecule has 0 aliphatic rings. The molecule has 1 aromatic carbocycles. The predicted octanol–water partition coefficient (Wildman–Crippen LogP) is 5.61. The second kappa shape index (κ2) is 13.4. The third kappa shape index (κ3) is 13.1. The zero-order valence-corrected chi connectivity index (χ0v) is 27.6. The number of carbonyl (C=O) groups excluding carboxylic acids is 3. The number of alkyl carbamates (subject to hydrolysis) is 1. The maximum Gasteiger partial charge on any atom is 0.408 e. The van der Waals surface area contributed by atoms with E-state index >= 15 is 0 Å². The highest BCUT2D eigenvalue weighted by Gasteiger charge is 2.31. The molecule has 0 heterocycles. The molecule has 0 unspecified atom stereocenters. The molecule has 0 bridgehead atoms. The van der Waals surface area contributed by atoms with E-state index in [1.54, 1.807) is 53.7 Å². The molecule has 0 radical (unpaired) electrons. The van der Waals surface area contributed by atoms with Crippen LogP contribution >= 0.6 is 11.8 Å². The maximum atomic E-state index is 13.5. The van der Waals surface area contributed by atoms with Gasteiger partial charge in [0.15, 0.2) is 0 Å². The summed E-state index contributed by atoms with van der Waals surface area (Å²) in [5, 5.41) is 2.25. The molecular formula is C27H44N2O7S2Si. The predicted molar refractivity (Wildman–Crippen MR) is 158 cm³/mol. The summed E-state index contributed by atoms with van der Waals surface area (Å²) in [5.41, 5.74) is 1.23. The van der Waals surface area contributed by atoms with E-state index in [4.69, 9.17) is 9.47 Å². The fourth-order valence-corrected chi connectivity index (χ4v) is 7.54. The normalized spacial score (nSPS) is 13.9. The summed E-state index contributed by atoms with van der Waals surface area (Å²) in [6.45, 7) is 18.2. The quantitative estimate of drug-likeness (QED) is 0.272. The number of benzene rings is 1. The lowest BCUT2D eigenvalue weighted by Gasteiger charge is -2.27. The molecule has 0 fully saturated rings. The lowest BCUT2D eigenvalue weighted by atomic mass is 10.1. The number of hydrogen-bond donors (Lipinski definition) is 1. The average Bonchev–Trinajstić information content (AvgIpc) is 2.72. The number of aryl methyl sites for hydroxylation is 1. The summed E-state index contributed by atoms with van der Waals surface area (Å²) in [4.78, 5) is 38.5. The molecule has 1 atom stereocenters. The molecule has 0 saturated heterocycles. The summed E-state index contributed by atoms with van der Waals surface area (Å²) in [5.74, 6) is -0.520. The Balaban J connectivity index is 3.32. The molecule has 39 heavy (non-hydrogen) atoms. The van der Waals surface area contributed by atoms with E-state index in [0.717, 1.165) is 21.6 Å². The van der Waals surface area contributed by atoms with Gasteiger partial charge in [-0.2, -0.15) is 0 Å². The van der Waals surface area contributed by atoms with E-state index in [9.17, 15) is 22.8 Å². The fourth-order valence-electron chi connectivity index (χ4n) is 3.07. The van der Waals surface area contributed by atoms with E-state index in [1.807, 2.05) is 32.3 Å². The van der Waals surface area contributed by atoms with Crippen LogP contribution < -0.4 is 5.32 Å². The van der Waals surface area contributed by atoms with Gasteiger partial charge in [0.25, 0.3) is 10.0 Å². The highest BCUT2D eigenvalue weighted by atomic mass is 32.2. The molecule has 220 valence electrons. The topological polar surface area (TPSA) is 119 Å². The molecule has 0 spiro atoms. The summed E-state index contributed by atoms with van der Waals surface area (Å²) in [6, 6.07) is 5.33. The van der Waals surface area contributed by atoms with Crippen LogP contribution in [0.5, 0.6) is 0 Å². The smallest absolute Gasteiger partial charge is 0.408 e. The van der Waals surface area contributed by atoms with Crippen molar-refractivity contribution >= 4 is 47.0 Å². The number of thioether (sulfide) groups is 1. The van der Waals surface area contributed by atoms with E-state index in [-0.39, 0.29) is 22.8 Å². The minimum absolute atomic E-state index is 0.0470. The van der Waals surface area contributed by atoms with Gasteiger partial charge >= 0.3 is 12.1 Å². The first kappa shape index (κ1) is 34.7. The van der Waals surface area contributed by atoms with E-state index < -0.39 is 52.5 Å². The first-order chi connectivity index (χ1) is 17.5. The fraction of sp³-hybridized carbons (Fsp3) is 0.593. The molecule has 1 aromatic rings. The Bertz CT molecular complexity index is 1160. The molecule has 1 N–H and O–H groups in total. The minimum atomic E-state index is -3.96. The van der Waals surface area contributed by atoms with Crippen molar-refractivity contribution in [2.75, 3.05) is 7.05 Å². The highest BCUT2D eigenvalue weighted by Crippen LogP contribution is 2.30. The van der Waals surface area contributed by atoms with Gasteiger partial charge in [0.2, 0.25) is 5.12 Å². The summed E-state index contributed by atoms with van der Waals surface area (Å²) < 4.78 is 38.6. The molecule has 0 aliphatic heterocycles. The van der Waals surface area contributed by atoms with Crippen molar-refractivity contribution in [1.82, 2.24) is 9.62 Å². The minimum Gasteiger partial charge on any atom is -0.460 e. The molecule has 0 saturated carbocycles. The van der Waals surface area contributed by atoms with Crippen molar-refractivity contribution in [1.29, 1.82) is 0 Å². The largest absolute Gasteiger partial charge is 0.460 e. The van der Waals surface area contributed by atoms with Crippen LogP contribution in [0.15, 0.2) is 39.9 Å². The van der Waals surface area contributed by atoms with Gasteiger partial charge in [0.05, 0.1) is 18.0 Å². The van der Waals surface area contributed by atoms with Gasteiger partial charge in [0, 0.05) is 13.5 Å². The Hall–Kier alpha value is -2.31. The van der Waals surface area contributed by atoms with Gasteiger partial charge in [-0.25, -0.2) is 13.2 Å². The van der Waals surface area contributed by atoms with E-state index in [1.165, 1.54) is 19.2 Å². The zero-order chi connectivity index (χ0) is 30.4. The van der Waals surface area contributed by atoms with Gasteiger partial charge in [-0.1, -0.05) is 43.0 Å². The second-order valence-corrected chi connectivity index (χ2v) is 20.4. The summed E-state index contributed by atoms with van der Waals surface area (Å²) in [7, 11) is -4.59. The van der Waals surface area contributed by atoms with Crippen molar-refractivity contribution in [2.24, 2.45) is 0 Å². The van der Waals surface area contributed by atoms with Crippen molar-refractivity contribution < 1.29 is 32.3 Å². The monoisotopic (exact) mass is 600 g/mol. The van der Waals surface area contributed by atoms with Crippen LogP contribution in [-0.4, -0.2) is 62.3 Å². The van der Waals surface area contributed by atoms with Crippen molar-refractivity contribution in [3.05, 3.63) is 40.6 Å². The number of amides is 1. The third-order valence-corrected chi connectivity index (χ3v) is 9.12. The molecular weight excluding hydrogens is 557 g/mol. The van der Waals surface area contributed by atoms with Crippen LogP contribution in [0.4, 0.5) is 4.79 Å². The lowest BCUT2D eigenvalue weighted by Crippen LogP contribution is -2.43. The number of nitrogens with zero attached hydrogens (tertiary/aromatic N) is 1. The van der Waals surface area contributed by atoms with Gasteiger partial charge in [-0.15, -0.1) is 0 Å². The Kier molecular flexibility index (Phi) is 11.9. The number of nitrogens with one attached hydrogen (secondary N) is 1. The van der Waals surface area contributed by atoms with Crippen molar-refractivity contribution in [3.8, 4) is 0 Å². The first-order valence-corrected chi connectivity index (χ1v) is 18.5. The number of sulfonamides is 1. The molecule has 0 aliphatic carbocycles. The van der Waals surface area contributed by atoms with Crippen LogP contribution in [0, 0.1) is 6.92 Å². The van der Waals surface area contributed by atoms with E-state index in [2.05, 4.69) is 5.32 Å². The number of rotatable bonds is 10. The van der Waals surface area contributed by atoms with Crippen molar-refractivity contribution in [2.45, 2.75) is 103 Å². The Morgan fingerprint density at radius 1 is 1.00 bits per heavy atom. The van der Waals surface area contributed by atoms with Crippen LogP contribution in [0.25, 0.3) is 0 Å².